The average Bonchev–Trinajstić information content (AvgIpc) is 2.20. The number of hydrogen-bond donors (Lipinski definition) is 2. The molecule has 0 aliphatic heterocycles. The van der Waals surface area contributed by atoms with E-state index in [0.717, 1.165) is 29.9 Å². The van der Waals surface area contributed by atoms with E-state index in [0.29, 0.717) is 0 Å². The highest BCUT2D eigenvalue weighted by Gasteiger charge is 2.05. The Balaban J connectivity index is 2.46. The molecule has 0 saturated heterocycles. The first-order chi connectivity index (χ1) is 7.50. The summed E-state index contributed by atoms with van der Waals surface area (Å²) >= 11 is 0. The van der Waals surface area contributed by atoms with Crippen molar-refractivity contribution < 1.29 is 4.21 Å². The summed E-state index contributed by atoms with van der Waals surface area (Å²) in [5, 5.41) is 3.57. The monoisotopic (exact) mass is 240 g/mol. The highest BCUT2D eigenvalue weighted by Crippen LogP contribution is 2.17. The Labute approximate surface area is 99.9 Å². The maximum Gasteiger partial charge on any atom is 0.0371 e. The third kappa shape index (κ3) is 3.85. The zero-order chi connectivity index (χ0) is 12.1. The van der Waals surface area contributed by atoms with Gasteiger partial charge in [-0.15, -0.1) is 0 Å². The van der Waals surface area contributed by atoms with Crippen molar-refractivity contribution >= 4 is 22.2 Å². The van der Waals surface area contributed by atoms with Crippen molar-refractivity contribution in [1.82, 2.24) is 0 Å². The fourth-order valence-corrected chi connectivity index (χ4v) is 1.91. The van der Waals surface area contributed by atoms with Crippen LogP contribution in [0.15, 0.2) is 18.2 Å². The maximum atomic E-state index is 11.2. The Bertz CT molecular complexity index is 379. The van der Waals surface area contributed by atoms with Gasteiger partial charge in [0.1, 0.15) is 0 Å². The van der Waals surface area contributed by atoms with Gasteiger partial charge >= 0.3 is 0 Å². The molecule has 0 aliphatic carbocycles. The molecule has 3 N–H and O–H groups in total. The summed E-state index contributed by atoms with van der Waals surface area (Å²) in [6, 6.07) is 5.82. The van der Waals surface area contributed by atoms with Gasteiger partial charge < -0.3 is 11.1 Å². The fourth-order valence-electron chi connectivity index (χ4n) is 1.46. The smallest absolute Gasteiger partial charge is 0.0371 e. The van der Waals surface area contributed by atoms with Gasteiger partial charge in [-0.25, -0.2) is 0 Å². The molecule has 1 aromatic rings. The van der Waals surface area contributed by atoms with Gasteiger partial charge in [-0.2, -0.15) is 0 Å². The summed E-state index contributed by atoms with van der Waals surface area (Å²) < 4.78 is 11.2. The van der Waals surface area contributed by atoms with Gasteiger partial charge in [0.15, 0.2) is 0 Å². The summed E-state index contributed by atoms with van der Waals surface area (Å²) in [5.74, 6) is 0. The average molecular weight is 240 g/mol. The number of nitrogen functional groups attached to an aromatic ring is 1. The van der Waals surface area contributed by atoms with Crippen molar-refractivity contribution in [2.45, 2.75) is 25.5 Å². The van der Waals surface area contributed by atoms with Crippen LogP contribution in [0.4, 0.5) is 11.4 Å². The van der Waals surface area contributed by atoms with Gasteiger partial charge in [-0.05, 0) is 37.1 Å². The van der Waals surface area contributed by atoms with E-state index in [-0.39, 0.29) is 5.25 Å². The zero-order valence-electron chi connectivity index (χ0n) is 10.1. The largest absolute Gasteiger partial charge is 0.399 e. The molecule has 0 aromatic heterocycles. The first kappa shape index (κ1) is 13.0. The molecule has 0 heterocycles. The zero-order valence-corrected chi connectivity index (χ0v) is 10.9. The number of rotatable bonds is 5. The molecule has 2 unspecified atom stereocenters. The topological polar surface area (TPSA) is 55.1 Å². The Hall–Kier alpha value is -1.03. The Morgan fingerprint density at radius 2 is 2.19 bits per heavy atom. The molecule has 90 valence electrons. The number of nitrogens with two attached hydrogens (primary N) is 1. The van der Waals surface area contributed by atoms with Crippen LogP contribution in [0.5, 0.6) is 0 Å². The van der Waals surface area contributed by atoms with Crippen LogP contribution in [0, 0.1) is 6.92 Å². The highest BCUT2D eigenvalue weighted by molar-refractivity contribution is 7.84. The van der Waals surface area contributed by atoms with Crippen molar-refractivity contribution in [3.63, 3.8) is 0 Å². The molecule has 1 aromatic carbocycles. The first-order valence-electron chi connectivity index (χ1n) is 5.43. The van der Waals surface area contributed by atoms with Crippen LogP contribution in [-0.2, 0) is 10.8 Å². The Morgan fingerprint density at radius 3 is 2.75 bits per heavy atom. The molecule has 0 bridgehead atoms. The van der Waals surface area contributed by atoms with E-state index >= 15 is 0 Å². The van der Waals surface area contributed by atoms with Gasteiger partial charge in [-0.3, -0.25) is 4.21 Å². The van der Waals surface area contributed by atoms with Crippen LogP contribution in [0.1, 0.15) is 18.9 Å². The van der Waals surface area contributed by atoms with Crippen LogP contribution < -0.4 is 11.1 Å². The lowest BCUT2D eigenvalue weighted by Gasteiger charge is -2.12. The predicted octanol–water partition coefficient (Wildman–Crippen LogP) is 2.15. The minimum atomic E-state index is -0.737. The second kappa shape index (κ2) is 5.89. The summed E-state index contributed by atoms with van der Waals surface area (Å²) in [5.41, 5.74) is 8.70. The molecule has 0 spiro atoms. The quantitative estimate of drug-likeness (QED) is 0.775. The third-order valence-corrected chi connectivity index (χ3v) is 4.05. The normalized spacial score (nSPS) is 14.4. The standard InChI is InChI=1S/C12H20N2OS/c1-9-8-11(13)4-5-12(9)14-7-6-10(2)16(3)15/h4-5,8,10,14H,6-7,13H2,1-3H3. The lowest BCUT2D eigenvalue weighted by molar-refractivity contribution is 0.672. The van der Waals surface area contributed by atoms with Crippen molar-refractivity contribution in [1.29, 1.82) is 0 Å². The molecule has 1 rings (SSSR count). The van der Waals surface area contributed by atoms with Crippen LogP contribution in [-0.4, -0.2) is 22.3 Å². The van der Waals surface area contributed by atoms with Gasteiger partial charge in [-0.1, -0.05) is 6.92 Å². The number of aryl methyl sites for hydroxylation is 1. The van der Waals surface area contributed by atoms with Crippen molar-refractivity contribution in [3.05, 3.63) is 23.8 Å². The maximum absolute atomic E-state index is 11.2. The summed E-state index contributed by atoms with van der Waals surface area (Å²) in [6.07, 6.45) is 2.66. The number of nitrogens with one attached hydrogen (secondary N) is 1. The lowest BCUT2D eigenvalue weighted by atomic mass is 10.2. The summed E-state index contributed by atoms with van der Waals surface area (Å²) in [7, 11) is -0.737. The fraction of sp³-hybridized carbons (Fsp3) is 0.500. The Morgan fingerprint density at radius 1 is 1.50 bits per heavy atom. The summed E-state index contributed by atoms with van der Waals surface area (Å²) in [4.78, 5) is 0. The molecule has 0 saturated carbocycles. The molecule has 2 atom stereocenters. The molecule has 0 amide bonds. The molecule has 0 radical (unpaired) electrons. The van der Waals surface area contributed by atoms with E-state index in [9.17, 15) is 4.21 Å². The van der Waals surface area contributed by atoms with Gasteiger partial charge in [0.25, 0.3) is 0 Å². The third-order valence-electron chi connectivity index (χ3n) is 2.68. The minimum absolute atomic E-state index is 0.238. The summed E-state index contributed by atoms with van der Waals surface area (Å²) in [6.45, 7) is 4.87. The first-order valence-corrected chi connectivity index (χ1v) is 7.05. The molecule has 16 heavy (non-hydrogen) atoms. The predicted molar refractivity (Wildman–Crippen MR) is 72.2 cm³/mol. The molecule has 4 heteroatoms. The van der Waals surface area contributed by atoms with Crippen molar-refractivity contribution in [3.8, 4) is 0 Å². The van der Waals surface area contributed by atoms with Crippen molar-refractivity contribution in [2.24, 2.45) is 0 Å². The highest BCUT2D eigenvalue weighted by atomic mass is 32.2. The number of benzene rings is 1. The van der Waals surface area contributed by atoms with Gasteiger partial charge in [0.2, 0.25) is 0 Å². The van der Waals surface area contributed by atoms with Crippen LogP contribution in [0.3, 0.4) is 0 Å². The molecular weight excluding hydrogens is 220 g/mol. The van der Waals surface area contributed by atoms with Crippen LogP contribution >= 0.6 is 0 Å². The lowest BCUT2D eigenvalue weighted by Crippen LogP contribution is -2.15. The van der Waals surface area contributed by atoms with Crippen LogP contribution in [0.25, 0.3) is 0 Å². The second-order valence-electron chi connectivity index (χ2n) is 4.10. The van der Waals surface area contributed by atoms with E-state index < -0.39 is 10.8 Å². The molecule has 3 nitrogen and oxygen atoms in total. The van der Waals surface area contributed by atoms with E-state index in [1.165, 1.54) is 0 Å². The van der Waals surface area contributed by atoms with E-state index in [1.54, 1.807) is 6.26 Å². The van der Waals surface area contributed by atoms with Gasteiger partial charge in [0, 0.05) is 40.2 Å². The van der Waals surface area contributed by atoms with E-state index in [2.05, 4.69) is 5.32 Å². The molecule has 0 aliphatic rings. The second-order valence-corrected chi connectivity index (χ2v) is 5.90. The van der Waals surface area contributed by atoms with Crippen LogP contribution in [0.2, 0.25) is 0 Å². The number of anilines is 2. The van der Waals surface area contributed by atoms with Gasteiger partial charge in [0.05, 0.1) is 0 Å². The molecular formula is C12H20N2OS. The SMILES string of the molecule is Cc1cc(N)ccc1NCCC(C)S(C)=O. The number of hydrogen-bond acceptors (Lipinski definition) is 3. The van der Waals surface area contributed by atoms with Crippen molar-refractivity contribution in [2.75, 3.05) is 23.9 Å². The Kier molecular flexibility index (Phi) is 4.80. The van der Waals surface area contributed by atoms with E-state index in [4.69, 9.17) is 5.73 Å². The minimum Gasteiger partial charge on any atom is -0.399 e. The van der Waals surface area contributed by atoms with E-state index in [1.807, 2.05) is 32.0 Å². The molecule has 0 fully saturated rings.